The van der Waals surface area contributed by atoms with Crippen molar-refractivity contribution in [2.24, 2.45) is 0 Å². The Morgan fingerprint density at radius 3 is 1.64 bits per heavy atom. The molecule has 3 aromatic heterocycles. The second-order valence-corrected chi connectivity index (χ2v) is 6.97. The third-order valence-corrected chi connectivity index (χ3v) is 4.81. The number of oxazole rings is 2. The molecule has 22 heavy (non-hydrogen) atoms. The summed E-state index contributed by atoms with van der Waals surface area (Å²) < 4.78 is 13.1. The largest absolute Gasteiger partial charge is 0.443 e. The number of pyridine rings is 1. The van der Waals surface area contributed by atoms with Crippen LogP contribution in [0.25, 0.3) is 23.2 Å². The lowest BCUT2D eigenvalue weighted by Crippen LogP contribution is -1.96. The molecule has 0 radical (unpaired) electrons. The molecule has 3 rings (SSSR count). The zero-order valence-electron chi connectivity index (χ0n) is 12.1. The van der Waals surface area contributed by atoms with Gasteiger partial charge >= 0.3 is 0 Å². The maximum absolute atomic E-state index is 5.55. The Balaban J connectivity index is 2.10. The van der Waals surface area contributed by atoms with E-state index in [0.717, 1.165) is 31.4 Å². The number of rotatable bonds is 4. The van der Waals surface area contributed by atoms with E-state index in [1.54, 1.807) is 12.5 Å². The Hall–Kier alpha value is -0.970. The normalized spacial score (nSPS) is 11.1. The molecule has 0 atom stereocenters. The van der Waals surface area contributed by atoms with Gasteiger partial charge in [0.25, 0.3) is 0 Å². The Kier molecular flexibility index (Phi) is 4.81. The zero-order chi connectivity index (χ0) is 15.7. The van der Waals surface area contributed by atoms with Gasteiger partial charge in [0, 0.05) is 7.14 Å². The van der Waals surface area contributed by atoms with Gasteiger partial charge in [-0.05, 0) is 64.1 Å². The fourth-order valence-electron chi connectivity index (χ4n) is 1.92. The van der Waals surface area contributed by atoms with E-state index in [1.807, 2.05) is 19.9 Å². The van der Waals surface area contributed by atoms with Crippen molar-refractivity contribution in [1.29, 1.82) is 0 Å². The van der Waals surface area contributed by atoms with Gasteiger partial charge in [-0.25, -0.2) is 15.0 Å². The number of nitrogens with zero attached hydrogens (tertiary/aromatic N) is 3. The Labute approximate surface area is 155 Å². The number of hydrogen-bond donors (Lipinski definition) is 0. The van der Waals surface area contributed by atoms with Crippen LogP contribution >= 0.6 is 45.2 Å². The number of hydrogen-bond acceptors (Lipinski definition) is 5. The first-order valence-corrected chi connectivity index (χ1v) is 9.03. The molecular formula is C15H13I2N3O2. The molecule has 7 heteroatoms. The number of aryl methyl sites for hydroxylation is 2. The SMILES string of the molecule is CCc1coc(-c2nc(-c3nc(CC)co3)c(I)cc2I)n1. The average molecular weight is 521 g/mol. The fourth-order valence-corrected chi connectivity index (χ4v) is 3.84. The molecule has 0 spiro atoms. The van der Waals surface area contributed by atoms with Crippen molar-refractivity contribution in [2.75, 3.05) is 0 Å². The van der Waals surface area contributed by atoms with E-state index in [4.69, 9.17) is 8.83 Å². The van der Waals surface area contributed by atoms with Crippen LogP contribution in [0, 0.1) is 7.14 Å². The van der Waals surface area contributed by atoms with Gasteiger partial charge in [0.05, 0.1) is 11.4 Å². The van der Waals surface area contributed by atoms with Gasteiger partial charge in [-0.15, -0.1) is 0 Å². The minimum Gasteiger partial charge on any atom is -0.443 e. The van der Waals surface area contributed by atoms with Crippen LogP contribution in [0.2, 0.25) is 0 Å². The number of aromatic nitrogens is 3. The van der Waals surface area contributed by atoms with Crippen LogP contribution in [0.3, 0.4) is 0 Å². The molecule has 0 aliphatic carbocycles. The lowest BCUT2D eigenvalue weighted by molar-refractivity contribution is 0.565. The Bertz CT molecular complexity index is 747. The Morgan fingerprint density at radius 2 is 1.27 bits per heavy atom. The van der Waals surface area contributed by atoms with Crippen LogP contribution in [0.5, 0.6) is 0 Å². The van der Waals surface area contributed by atoms with Crippen LogP contribution in [-0.2, 0) is 12.8 Å². The van der Waals surface area contributed by atoms with Crippen molar-refractivity contribution in [2.45, 2.75) is 26.7 Å². The van der Waals surface area contributed by atoms with Gasteiger partial charge in [0.1, 0.15) is 23.9 Å². The van der Waals surface area contributed by atoms with Gasteiger partial charge in [-0.2, -0.15) is 0 Å². The molecule has 5 nitrogen and oxygen atoms in total. The summed E-state index contributed by atoms with van der Waals surface area (Å²) in [6.07, 6.45) is 5.00. The van der Waals surface area contributed by atoms with Crippen molar-refractivity contribution in [1.82, 2.24) is 15.0 Å². The zero-order valence-corrected chi connectivity index (χ0v) is 16.4. The van der Waals surface area contributed by atoms with Crippen molar-refractivity contribution < 1.29 is 8.83 Å². The highest BCUT2D eigenvalue weighted by Crippen LogP contribution is 2.30. The predicted octanol–water partition coefficient (Wildman–Crippen LogP) is 4.73. The van der Waals surface area contributed by atoms with E-state index < -0.39 is 0 Å². The van der Waals surface area contributed by atoms with E-state index in [-0.39, 0.29) is 0 Å². The summed E-state index contributed by atoms with van der Waals surface area (Å²) in [6.45, 7) is 4.08. The second kappa shape index (κ2) is 6.65. The summed E-state index contributed by atoms with van der Waals surface area (Å²) >= 11 is 4.48. The third-order valence-electron chi connectivity index (χ3n) is 3.16. The van der Waals surface area contributed by atoms with Crippen LogP contribution in [0.4, 0.5) is 0 Å². The van der Waals surface area contributed by atoms with Gasteiger partial charge < -0.3 is 8.83 Å². The Morgan fingerprint density at radius 1 is 0.818 bits per heavy atom. The molecular weight excluding hydrogens is 508 g/mol. The van der Waals surface area contributed by atoms with Crippen LogP contribution in [0.1, 0.15) is 25.2 Å². The highest BCUT2D eigenvalue weighted by atomic mass is 127. The van der Waals surface area contributed by atoms with Crippen molar-refractivity contribution in [3.8, 4) is 23.2 Å². The summed E-state index contributed by atoms with van der Waals surface area (Å²) in [5.74, 6) is 1.06. The summed E-state index contributed by atoms with van der Waals surface area (Å²) in [5.41, 5.74) is 3.26. The maximum Gasteiger partial charge on any atom is 0.246 e. The third kappa shape index (κ3) is 3.05. The van der Waals surface area contributed by atoms with Gasteiger partial charge in [-0.1, -0.05) is 13.8 Å². The standard InChI is InChI=1S/C15H13I2N3O2/c1-3-8-6-21-14(18-8)12-10(16)5-11(17)13(20-12)15-19-9(4-2)7-22-15/h5-7H,3-4H2,1-2H3. The molecule has 0 bridgehead atoms. The van der Waals surface area contributed by atoms with E-state index in [9.17, 15) is 0 Å². The summed E-state index contributed by atoms with van der Waals surface area (Å²) in [5, 5.41) is 0. The first-order chi connectivity index (χ1) is 10.6. The second-order valence-electron chi connectivity index (χ2n) is 4.64. The molecule has 0 fully saturated rings. The minimum atomic E-state index is 0.529. The molecule has 3 aromatic rings. The van der Waals surface area contributed by atoms with Crippen LogP contribution in [-0.4, -0.2) is 15.0 Å². The molecule has 114 valence electrons. The lowest BCUT2D eigenvalue weighted by atomic mass is 10.3. The molecule has 0 aromatic carbocycles. The number of halogens is 2. The highest BCUT2D eigenvalue weighted by molar-refractivity contribution is 14.1. The van der Waals surface area contributed by atoms with Crippen molar-refractivity contribution >= 4 is 45.2 Å². The van der Waals surface area contributed by atoms with E-state index in [1.165, 1.54) is 0 Å². The summed E-state index contributed by atoms with van der Waals surface area (Å²) in [6, 6.07) is 2.03. The van der Waals surface area contributed by atoms with Gasteiger partial charge in [0.2, 0.25) is 11.8 Å². The molecule has 0 saturated carbocycles. The van der Waals surface area contributed by atoms with Crippen molar-refractivity contribution in [3.05, 3.63) is 37.1 Å². The molecule has 0 aliphatic rings. The molecule has 0 saturated heterocycles. The van der Waals surface area contributed by atoms with Crippen LogP contribution in [0.15, 0.2) is 27.4 Å². The monoisotopic (exact) mass is 521 g/mol. The molecule has 0 amide bonds. The first kappa shape index (κ1) is 15.9. The molecule has 3 heterocycles. The first-order valence-electron chi connectivity index (χ1n) is 6.88. The van der Waals surface area contributed by atoms with Crippen LogP contribution < -0.4 is 0 Å². The van der Waals surface area contributed by atoms with Gasteiger partial charge in [0.15, 0.2) is 0 Å². The molecule has 0 aliphatic heterocycles. The topological polar surface area (TPSA) is 65.0 Å². The predicted molar refractivity (Wildman–Crippen MR) is 99.4 cm³/mol. The van der Waals surface area contributed by atoms with Crippen molar-refractivity contribution in [3.63, 3.8) is 0 Å². The maximum atomic E-state index is 5.55. The van der Waals surface area contributed by atoms with E-state index >= 15 is 0 Å². The van der Waals surface area contributed by atoms with E-state index in [2.05, 4.69) is 60.1 Å². The van der Waals surface area contributed by atoms with Gasteiger partial charge in [-0.3, -0.25) is 0 Å². The lowest BCUT2D eigenvalue weighted by Gasteiger charge is -2.04. The smallest absolute Gasteiger partial charge is 0.246 e. The van der Waals surface area contributed by atoms with E-state index in [0.29, 0.717) is 23.2 Å². The summed E-state index contributed by atoms with van der Waals surface area (Å²) in [7, 11) is 0. The molecule has 0 unspecified atom stereocenters. The highest BCUT2D eigenvalue weighted by Gasteiger charge is 2.18. The molecule has 0 N–H and O–H groups in total. The fraction of sp³-hybridized carbons (Fsp3) is 0.267. The summed E-state index contributed by atoms with van der Waals surface area (Å²) in [4.78, 5) is 13.6. The minimum absolute atomic E-state index is 0.529. The quantitative estimate of drug-likeness (QED) is 0.465. The average Bonchev–Trinajstić information content (AvgIpc) is 3.16.